The molecule has 188 valence electrons. The fraction of sp³-hybridized carbons (Fsp3) is 0.103. The largest absolute Gasteiger partial charge is 0.497 e. The summed E-state index contributed by atoms with van der Waals surface area (Å²) in [5.74, 6) is 0.952. The van der Waals surface area contributed by atoms with Crippen LogP contribution in [0.4, 0.5) is 21.9 Å². The number of anilines is 3. The fourth-order valence-electron chi connectivity index (χ4n) is 3.57. The molecule has 0 aliphatic heterocycles. The summed E-state index contributed by atoms with van der Waals surface area (Å²) in [4.78, 5) is 26.6. The lowest BCUT2D eigenvalue weighted by Gasteiger charge is -2.19. The molecule has 0 bridgehead atoms. The van der Waals surface area contributed by atoms with Crippen LogP contribution in [0.3, 0.4) is 0 Å². The Kier molecular flexibility index (Phi) is 8.67. The number of hydrogen-bond acceptors (Lipinski definition) is 5. The molecule has 3 amide bonds. The van der Waals surface area contributed by atoms with E-state index in [0.717, 1.165) is 10.5 Å². The predicted molar refractivity (Wildman–Crippen MR) is 149 cm³/mol. The van der Waals surface area contributed by atoms with Crippen LogP contribution in [-0.4, -0.2) is 26.2 Å². The molecule has 0 aliphatic carbocycles. The van der Waals surface area contributed by atoms with Gasteiger partial charge in [0.2, 0.25) is 5.91 Å². The number of hydrogen-bond donors (Lipinski definition) is 3. The maximum Gasteiger partial charge on any atom is 0.323 e. The van der Waals surface area contributed by atoms with E-state index in [1.54, 1.807) is 44.6 Å². The highest BCUT2D eigenvalue weighted by Gasteiger charge is 2.23. The van der Waals surface area contributed by atoms with Gasteiger partial charge in [-0.05, 0) is 54.1 Å². The van der Waals surface area contributed by atoms with Crippen molar-refractivity contribution in [2.45, 2.75) is 10.1 Å². The summed E-state index contributed by atoms with van der Waals surface area (Å²) < 4.78 is 10.7. The molecule has 0 saturated heterocycles. The first-order valence-electron chi connectivity index (χ1n) is 11.5. The molecule has 0 radical (unpaired) electrons. The molecule has 7 nitrogen and oxygen atoms in total. The SMILES string of the molecule is COc1ccc(NC(=O)C(Sc2ccc(NC(=O)Nc3ccccc3)cc2)c2ccccc2)c(OC)c1. The molecular weight excluding hydrogens is 486 g/mol. The van der Waals surface area contributed by atoms with Crippen LogP contribution < -0.4 is 25.4 Å². The van der Waals surface area contributed by atoms with Crippen LogP contribution in [0.2, 0.25) is 0 Å². The van der Waals surface area contributed by atoms with Gasteiger partial charge in [-0.25, -0.2) is 4.79 Å². The number of rotatable bonds is 9. The van der Waals surface area contributed by atoms with Gasteiger partial charge in [0.1, 0.15) is 16.7 Å². The molecule has 1 atom stereocenters. The lowest BCUT2D eigenvalue weighted by molar-refractivity contribution is -0.115. The number of urea groups is 1. The molecule has 0 aromatic heterocycles. The number of benzene rings is 4. The van der Waals surface area contributed by atoms with Crippen LogP contribution in [0, 0.1) is 0 Å². The van der Waals surface area contributed by atoms with Crippen LogP contribution in [0.15, 0.2) is 108 Å². The average Bonchev–Trinajstić information content (AvgIpc) is 2.93. The maximum atomic E-state index is 13.4. The Morgan fingerprint density at radius 1 is 0.703 bits per heavy atom. The summed E-state index contributed by atoms with van der Waals surface area (Å²) in [6, 6.07) is 31.1. The molecule has 4 aromatic carbocycles. The molecule has 4 rings (SSSR count). The van der Waals surface area contributed by atoms with E-state index in [1.165, 1.54) is 11.8 Å². The summed E-state index contributed by atoms with van der Waals surface area (Å²) in [6.07, 6.45) is 0. The Labute approximate surface area is 220 Å². The fourth-order valence-corrected chi connectivity index (χ4v) is 4.59. The monoisotopic (exact) mass is 513 g/mol. The molecular formula is C29H27N3O4S. The van der Waals surface area contributed by atoms with Gasteiger partial charge in [0, 0.05) is 22.3 Å². The minimum Gasteiger partial charge on any atom is -0.497 e. The third kappa shape index (κ3) is 7.05. The van der Waals surface area contributed by atoms with Gasteiger partial charge < -0.3 is 25.4 Å². The zero-order valence-electron chi connectivity index (χ0n) is 20.4. The lowest BCUT2D eigenvalue weighted by atomic mass is 10.1. The molecule has 1 unspecified atom stereocenters. The molecule has 37 heavy (non-hydrogen) atoms. The normalized spacial score (nSPS) is 11.2. The van der Waals surface area contributed by atoms with Crippen molar-refractivity contribution in [3.05, 3.63) is 109 Å². The quantitative estimate of drug-likeness (QED) is 0.214. The molecule has 0 fully saturated rings. The van der Waals surface area contributed by atoms with Crippen molar-refractivity contribution < 1.29 is 19.1 Å². The minimum atomic E-state index is -0.520. The van der Waals surface area contributed by atoms with E-state index in [2.05, 4.69) is 16.0 Å². The zero-order chi connectivity index (χ0) is 26.0. The predicted octanol–water partition coefficient (Wildman–Crippen LogP) is 6.82. The van der Waals surface area contributed by atoms with Gasteiger partial charge in [0.25, 0.3) is 0 Å². The van der Waals surface area contributed by atoms with Crippen molar-refractivity contribution in [3.8, 4) is 11.5 Å². The number of para-hydroxylation sites is 1. The highest BCUT2D eigenvalue weighted by atomic mass is 32.2. The van der Waals surface area contributed by atoms with E-state index >= 15 is 0 Å². The van der Waals surface area contributed by atoms with E-state index in [1.807, 2.05) is 72.8 Å². The van der Waals surface area contributed by atoms with E-state index in [0.29, 0.717) is 28.6 Å². The molecule has 0 saturated carbocycles. The van der Waals surface area contributed by atoms with E-state index in [9.17, 15) is 9.59 Å². The van der Waals surface area contributed by atoms with Gasteiger partial charge in [-0.15, -0.1) is 11.8 Å². The number of methoxy groups -OCH3 is 2. The van der Waals surface area contributed by atoms with Gasteiger partial charge in [-0.1, -0.05) is 48.5 Å². The summed E-state index contributed by atoms with van der Waals surface area (Å²) >= 11 is 1.41. The smallest absolute Gasteiger partial charge is 0.323 e. The van der Waals surface area contributed by atoms with Gasteiger partial charge in [0.05, 0.1) is 19.9 Å². The van der Waals surface area contributed by atoms with Crippen molar-refractivity contribution in [1.82, 2.24) is 0 Å². The number of ether oxygens (including phenoxy) is 2. The number of carbonyl (C=O) groups excluding carboxylic acids is 2. The highest BCUT2D eigenvalue weighted by Crippen LogP contribution is 2.38. The summed E-state index contributed by atoms with van der Waals surface area (Å²) in [6.45, 7) is 0. The Morgan fingerprint density at radius 2 is 1.32 bits per heavy atom. The van der Waals surface area contributed by atoms with Crippen molar-refractivity contribution >= 4 is 40.8 Å². The zero-order valence-corrected chi connectivity index (χ0v) is 21.3. The van der Waals surface area contributed by atoms with E-state index < -0.39 is 5.25 Å². The molecule has 3 N–H and O–H groups in total. The maximum absolute atomic E-state index is 13.4. The summed E-state index contributed by atoms with van der Waals surface area (Å²) in [5.41, 5.74) is 2.76. The van der Waals surface area contributed by atoms with Gasteiger partial charge in [0.15, 0.2) is 0 Å². The van der Waals surface area contributed by atoms with Crippen LogP contribution in [0.5, 0.6) is 11.5 Å². The van der Waals surface area contributed by atoms with Crippen molar-refractivity contribution in [2.75, 3.05) is 30.2 Å². The Bertz CT molecular complexity index is 1330. The number of thioether (sulfide) groups is 1. The average molecular weight is 514 g/mol. The van der Waals surface area contributed by atoms with Gasteiger partial charge in [-0.3, -0.25) is 4.79 Å². The second-order valence-electron chi connectivity index (χ2n) is 7.93. The first-order chi connectivity index (χ1) is 18.1. The first kappa shape index (κ1) is 25.7. The van der Waals surface area contributed by atoms with Crippen LogP contribution >= 0.6 is 11.8 Å². The second kappa shape index (κ2) is 12.5. The molecule has 8 heteroatoms. The van der Waals surface area contributed by atoms with Gasteiger partial charge in [-0.2, -0.15) is 0 Å². The third-order valence-electron chi connectivity index (χ3n) is 5.40. The Hall–Kier alpha value is -4.43. The van der Waals surface area contributed by atoms with Crippen molar-refractivity contribution in [3.63, 3.8) is 0 Å². The Balaban J connectivity index is 1.47. The first-order valence-corrected chi connectivity index (χ1v) is 12.4. The number of amides is 3. The second-order valence-corrected chi connectivity index (χ2v) is 9.11. The highest BCUT2D eigenvalue weighted by molar-refractivity contribution is 8.00. The van der Waals surface area contributed by atoms with Crippen molar-refractivity contribution in [1.29, 1.82) is 0 Å². The van der Waals surface area contributed by atoms with Crippen LogP contribution in [0.25, 0.3) is 0 Å². The topological polar surface area (TPSA) is 88.7 Å². The number of nitrogens with one attached hydrogen (secondary N) is 3. The van der Waals surface area contributed by atoms with Crippen LogP contribution in [0.1, 0.15) is 10.8 Å². The molecule has 0 spiro atoms. The van der Waals surface area contributed by atoms with E-state index in [4.69, 9.17) is 9.47 Å². The third-order valence-corrected chi connectivity index (χ3v) is 6.67. The molecule has 0 heterocycles. The standard InChI is InChI=1S/C29H27N3O4S/c1-35-23-15-18-25(26(19-23)36-2)32-28(33)27(20-9-5-3-6-10-20)37-24-16-13-22(14-17-24)31-29(34)30-21-11-7-4-8-12-21/h3-19,27H,1-2H3,(H,32,33)(H2,30,31,34). The number of carbonyl (C=O) groups is 2. The Morgan fingerprint density at radius 3 is 1.95 bits per heavy atom. The van der Waals surface area contributed by atoms with Crippen molar-refractivity contribution in [2.24, 2.45) is 0 Å². The lowest BCUT2D eigenvalue weighted by Crippen LogP contribution is -2.19. The van der Waals surface area contributed by atoms with Gasteiger partial charge >= 0.3 is 6.03 Å². The molecule has 0 aliphatic rings. The van der Waals surface area contributed by atoms with Crippen LogP contribution in [-0.2, 0) is 4.79 Å². The molecule has 4 aromatic rings. The summed E-state index contributed by atoms with van der Waals surface area (Å²) in [5, 5.41) is 8.07. The minimum absolute atomic E-state index is 0.191. The van der Waals surface area contributed by atoms with E-state index in [-0.39, 0.29) is 11.9 Å². The summed E-state index contributed by atoms with van der Waals surface area (Å²) in [7, 11) is 3.12.